The molecule has 0 bridgehead atoms. The van der Waals surface area contributed by atoms with E-state index in [-0.39, 0.29) is 17.2 Å². The smallest absolute Gasteiger partial charge is 0.268 e. The Morgan fingerprint density at radius 1 is 1.26 bits per heavy atom. The summed E-state index contributed by atoms with van der Waals surface area (Å²) in [5.41, 5.74) is 1.63. The molecule has 1 amide bonds. The van der Waals surface area contributed by atoms with Crippen molar-refractivity contribution in [1.29, 1.82) is 0 Å². The van der Waals surface area contributed by atoms with E-state index in [9.17, 15) is 9.59 Å². The van der Waals surface area contributed by atoms with Gasteiger partial charge in [-0.05, 0) is 51.1 Å². The first-order chi connectivity index (χ1) is 16.4. The lowest BCUT2D eigenvalue weighted by atomic mass is 10.1. The molecule has 0 spiro atoms. The average Bonchev–Trinajstić information content (AvgIpc) is 3.39. The predicted molar refractivity (Wildman–Crippen MR) is 138 cm³/mol. The first-order valence-electron chi connectivity index (χ1n) is 11.2. The van der Waals surface area contributed by atoms with E-state index in [0.717, 1.165) is 29.9 Å². The molecule has 4 heterocycles. The highest BCUT2D eigenvalue weighted by atomic mass is 35.5. The van der Waals surface area contributed by atoms with Crippen LogP contribution >= 0.6 is 34.7 Å². The molecule has 178 valence electrons. The van der Waals surface area contributed by atoms with Crippen LogP contribution in [0.5, 0.6) is 0 Å². The maximum atomic E-state index is 13.9. The molecule has 0 saturated carbocycles. The zero-order chi connectivity index (χ0) is 24.0. The molecule has 34 heavy (non-hydrogen) atoms. The third kappa shape index (κ3) is 3.92. The van der Waals surface area contributed by atoms with Crippen LogP contribution in [0.4, 0.5) is 0 Å². The number of hydrogen-bond donors (Lipinski definition) is 0. The minimum absolute atomic E-state index is 0.0539. The molecule has 0 unspecified atom stereocenters. The summed E-state index contributed by atoms with van der Waals surface area (Å²) in [6.45, 7) is 6.98. The summed E-state index contributed by atoms with van der Waals surface area (Å²) in [7, 11) is 2.09. The van der Waals surface area contributed by atoms with Crippen molar-refractivity contribution in [2.24, 2.45) is 0 Å². The largest absolute Gasteiger partial charge is 0.343 e. The zero-order valence-electron chi connectivity index (χ0n) is 19.2. The van der Waals surface area contributed by atoms with Gasteiger partial charge in [0.25, 0.3) is 5.56 Å². The van der Waals surface area contributed by atoms with Crippen LogP contribution in [-0.4, -0.2) is 67.3 Å². The van der Waals surface area contributed by atoms with Gasteiger partial charge in [0.15, 0.2) is 5.16 Å². The predicted octanol–water partition coefficient (Wildman–Crippen LogP) is 3.70. The van der Waals surface area contributed by atoms with E-state index >= 15 is 0 Å². The molecular formula is C23H25ClN6O2S2. The Balaban J connectivity index is 1.73. The fourth-order valence-electron chi connectivity index (χ4n) is 4.42. The van der Waals surface area contributed by atoms with E-state index in [0.29, 0.717) is 40.1 Å². The van der Waals surface area contributed by atoms with Crippen molar-refractivity contribution < 1.29 is 4.79 Å². The van der Waals surface area contributed by atoms with Gasteiger partial charge in [-0.3, -0.25) is 9.59 Å². The van der Waals surface area contributed by atoms with E-state index < -0.39 is 0 Å². The number of benzene rings is 1. The number of aromatic nitrogens is 4. The number of likely N-dealkylation sites (N-methyl/N-ethyl adjacent to an activating group) is 1. The summed E-state index contributed by atoms with van der Waals surface area (Å²) in [5.74, 6) is 0.733. The molecule has 4 aromatic rings. The van der Waals surface area contributed by atoms with E-state index in [2.05, 4.69) is 22.1 Å². The molecule has 5 rings (SSSR count). The van der Waals surface area contributed by atoms with E-state index in [1.165, 1.54) is 16.6 Å². The quantitative estimate of drug-likeness (QED) is 0.364. The third-order valence-corrected chi connectivity index (χ3v) is 8.52. The minimum atomic E-state index is -0.116. The van der Waals surface area contributed by atoms with Gasteiger partial charge in [-0.15, -0.1) is 21.5 Å². The van der Waals surface area contributed by atoms with Crippen LogP contribution in [0.3, 0.4) is 0 Å². The zero-order valence-corrected chi connectivity index (χ0v) is 21.6. The molecule has 11 heteroatoms. The average molecular weight is 517 g/mol. The summed E-state index contributed by atoms with van der Waals surface area (Å²) in [6, 6.07) is 7.19. The summed E-state index contributed by atoms with van der Waals surface area (Å²) in [4.78, 5) is 32.6. The number of carbonyl (C=O) groups excluding carboxylic acids is 1. The number of amides is 1. The van der Waals surface area contributed by atoms with Gasteiger partial charge in [0.1, 0.15) is 4.83 Å². The van der Waals surface area contributed by atoms with Gasteiger partial charge in [0.05, 0.1) is 16.8 Å². The first-order valence-corrected chi connectivity index (χ1v) is 13.4. The van der Waals surface area contributed by atoms with E-state index in [1.54, 1.807) is 32.9 Å². The summed E-state index contributed by atoms with van der Waals surface area (Å²) >= 11 is 9.23. The number of nitrogens with zero attached hydrogens (tertiary/aromatic N) is 6. The molecule has 0 N–H and O–H groups in total. The Morgan fingerprint density at radius 2 is 2.06 bits per heavy atom. The van der Waals surface area contributed by atoms with Gasteiger partial charge < -0.3 is 9.80 Å². The number of fused-ring (bicyclic) bond motifs is 5. The third-order valence-electron chi connectivity index (χ3n) is 6.17. The Kier molecular flexibility index (Phi) is 6.41. The standard InChI is InChI=1S/C23H25ClN6O2S2/c1-4-28(5-2)18(31)13-33-23-26-25-22-29(15-8-6-7-14(24)11-15)20(32)19-16-9-10-27(3)12-17(16)34-21(19)30(22)23/h6-8,11H,4-5,9-10,12-13H2,1-3H3. The molecule has 1 aromatic carbocycles. The Bertz CT molecular complexity index is 1460. The van der Waals surface area contributed by atoms with Gasteiger partial charge in [0.2, 0.25) is 11.7 Å². The van der Waals surface area contributed by atoms with Crippen LogP contribution in [-0.2, 0) is 17.8 Å². The van der Waals surface area contributed by atoms with E-state index in [4.69, 9.17) is 11.6 Å². The second kappa shape index (κ2) is 9.33. The van der Waals surface area contributed by atoms with Crippen LogP contribution < -0.4 is 5.56 Å². The van der Waals surface area contributed by atoms with Crippen molar-refractivity contribution >= 4 is 56.6 Å². The molecule has 0 saturated heterocycles. The number of rotatable bonds is 6. The van der Waals surface area contributed by atoms with Gasteiger partial charge in [0, 0.05) is 36.1 Å². The number of thiophene rings is 1. The molecule has 3 aromatic heterocycles. The van der Waals surface area contributed by atoms with Crippen molar-refractivity contribution in [2.45, 2.75) is 32.0 Å². The Morgan fingerprint density at radius 3 is 2.79 bits per heavy atom. The van der Waals surface area contributed by atoms with Crippen molar-refractivity contribution in [2.75, 3.05) is 32.4 Å². The maximum absolute atomic E-state index is 13.9. The van der Waals surface area contributed by atoms with Crippen LogP contribution in [0.25, 0.3) is 21.7 Å². The van der Waals surface area contributed by atoms with Crippen molar-refractivity contribution in [1.82, 2.24) is 29.0 Å². The highest BCUT2D eigenvalue weighted by molar-refractivity contribution is 7.99. The lowest BCUT2D eigenvalue weighted by Crippen LogP contribution is -2.31. The summed E-state index contributed by atoms with van der Waals surface area (Å²) in [6.07, 6.45) is 0.813. The lowest BCUT2D eigenvalue weighted by Gasteiger charge is -2.21. The molecule has 8 nitrogen and oxygen atoms in total. The molecule has 0 radical (unpaired) electrons. The lowest BCUT2D eigenvalue weighted by molar-refractivity contribution is -0.127. The second-order valence-corrected chi connectivity index (χ2v) is 10.7. The number of halogens is 1. The fourth-order valence-corrected chi connectivity index (χ4v) is 6.91. The van der Waals surface area contributed by atoms with Crippen LogP contribution in [0.15, 0.2) is 34.2 Å². The van der Waals surface area contributed by atoms with E-state index in [1.807, 2.05) is 30.4 Å². The normalized spacial score (nSPS) is 14.1. The van der Waals surface area contributed by atoms with Crippen molar-refractivity contribution in [3.8, 4) is 5.69 Å². The molecule has 0 atom stereocenters. The molecule has 1 aliphatic rings. The van der Waals surface area contributed by atoms with Crippen molar-refractivity contribution in [3.63, 3.8) is 0 Å². The highest BCUT2D eigenvalue weighted by Gasteiger charge is 2.27. The Labute approximate surface area is 210 Å². The molecule has 1 aliphatic heterocycles. The highest BCUT2D eigenvalue weighted by Crippen LogP contribution is 2.35. The molecule has 0 aliphatic carbocycles. The maximum Gasteiger partial charge on any atom is 0.268 e. The summed E-state index contributed by atoms with van der Waals surface area (Å²) in [5, 5.41) is 10.7. The number of hydrogen-bond acceptors (Lipinski definition) is 7. The first kappa shape index (κ1) is 23.3. The van der Waals surface area contributed by atoms with Gasteiger partial charge in [-0.1, -0.05) is 29.4 Å². The topological polar surface area (TPSA) is 75.7 Å². The minimum Gasteiger partial charge on any atom is -0.343 e. The summed E-state index contributed by atoms with van der Waals surface area (Å²) < 4.78 is 3.52. The van der Waals surface area contributed by atoms with Crippen LogP contribution in [0, 0.1) is 0 Å². The molecule has 0 fully saturated rings. The van der Waals surface area contributed by atoms with Gasteiger partial charge >= 0.3 is 0 Å². The van der Waals surface area contributed by atoms with Crippen molar-refractivity contribution in [3.05, 3.63) is 50.1 Å². The van der Waals surface area contributed by atoms with Crippen LogP contribution in [0.2, 0.25) is 5.02 Å². The fraction of sp³-hybridized carbons (Fsp3) is 0.391. The van der Waals surface area contributed by atoms with Crippen LogP contribution in [0.1, 0.15) is 24.3 Å². The van der Waals surface area contributed by atoms with Gasteiger partial charge in [-0.2, -0.15) is 0 Å². The second-order valence-electron chi connectivity index (χ2n) is 8.26. The monoisotopic (exact) mass is 516 g/mol. The van der Waals surface area contributed by atoms with Gasteiger partial charge in [-0.25, -0.2) is 8.97 Å². The molecular weight excluding hydrogens is 492 g/mol. The SMILES string of the molecule is CCN(CC)C(=O)CSc1nnc2n(-c3cccc(Cl)c3)c(=O)c3c4c(sc3n12)CN(C)CC4. The number of carbonyl (C=O) groups is 1. The Hall–Kier alpha value is -2.40. The number of thioether (sulfide) groups is 1.